The fourth-order valence-electron chi connectivity index (χ4n) is 1.24. The molecule has 1 fully saturated rings. The van der Waals surface area contributed by atoms with Crippen molar-refractivity contribution in [2.45, 2.75) is 25.8 Å². The van der Waals surface area contributed by atoms with Gasteiger partial charge in [-0.1, -0.05) is 0 Å². The highest BCUT2D eigenvalue weighted by molar-refractivity contribution is 5.74. The Morgan fingerprint density at radius 3 is 2.77 bits per heavy atom. The Balaban J connectivity index is 2.13. The van der Waals surface area contributed by atoms with Crippen LogP contribution in [0, 0.1) is 5.92 Å². The van der Waals surface area contributed by atoms with Gasteiger partial charge in [0, 0.05) is 13.2 Å². The molecular formula is C9H17NO3. The zero-order valence-corrected chi connectivity index (χ0v) is 7.99. The fourth-order valence-corrected chi connectivity index (χ4v) is 1.24. The van der Waals surface area contributed by atoms with Gasteiger partial charge in [-0.05, 0) is 25.7 Å². The highest BCUT2D eigenvalue weighted by Gasteiger charge is 2.16. The lowest BCUT2D eigenvalue weighted by Gasteiger charge is -2.21. The molecule has 76 valence electrons. The van der Waals surface area contributed by atoms with Gasteiger partial charge >= 0.3 is 5.97 Å². The molecule has 0 aromatic heterocycles. The first-order valence-corrected chi connectivity index (χ1v) is 4.70. The minimum absolute atomic E-state index is 0.313. The quantitative estimate of drug-likeness (QED) is 0.646. The Labute approximate surface area is 78.4 Å². The second-order valence-corrected chi connectivity index (χ2v) is 3.47. The number of hydrogen-bond donors (Lipinski definition) is 1. The van der Waals surface area contributed by atoms with E-state index >= 15 is 0 Å². The fraction of sp³-hybridized carbons (Fsp3) is 0.889. The second-order valence-electron chi connectivity index (χ2n) is 3.47. The normalized spacial score (nSPS) is 21.1. The molecule has 1 atom stereocenters. The van der Waals surface area contributed by atoms with Crippen LogP contribution in [0.4, 0.5) is 0 Å². The zero-order valence-electron chi connectivity index (χ0n) is 7.99. The molecule has 1 saturated heterocycles. The lowest BCUT2D eigenvalue weighted by Crippen LogP contribution is -2.31. The number of carbonyl (C=O) groups excluding carboxylic acids is 1. The number of ether oxygens (including phenoxy) is 2. The Bertz CT molecular complexity index is 164. The maximum atomic E-state index is 11.0. The lowest BCUT2D eigenvalue weighted by atomic mass is 10.0. The molecule has 4 heteroatoms. The van der Waals surface area contributed by atoms with E-state index in [4.69, 9.17) is 15.2 Å². The summed E-state index contributed by atoms with van der Waals surface area (Å²) in [5, 5.41) is 0. The van der Waals surface area contributed by atoms with Crippen LogP contribution in [-0.2, 0) is 14.3 Å². The van der Waals surface area contributed by atoms with Crippen LogP contribution < -0.4 is 5.73 Å². The average molecular weight is 187 g/mol. The van der Waals surface area contributed by atoms with Crippen molar-refractivity contribution in [2.24, 2.45) is 11.7 Å². The summed E-state index contributed by atoms with van der Waals surface area (Å²) in [6.45, 7) is 3.68. The summed E-state index contributed by atoms with van der Waals surface area (Å²) in [6, 6.07) is -0.514. The number of rotatable bonds is 3. The van der Waals surface area contributed by atoms with Crippen LogP contribution in [0.25, 0.3) is 0 Å². The highest BCUT2D eigenvalue weighted by atomic mass is 16.5. The monoisotopic (exact) mass is 187 g/mol. The smallest absolute Gasteiger partial charge is 0.322 e. The first kappa shape index (κ1) is 10.5. The summed E-state index contributed by atoms with van der Waals surface area (Å²) in [6.07, 6.45) is 1.96. The minimum Gasteiger partial charge on any atom is -0.464 e. The SMILES string of the molecule is CC(N)C(=O)OCC1CCOCC1. The van der Waals surface area contributed by atoms with E-state index in [1.807, 2.05) is 0 Å². The van der Waals surface area contributed by atoms with E-state index in [1.54, 1.807) is 6.92 Å². The van der Waals surface area contributed by atoms with Gasteiger partial charge in [-0.25, -0.2) is 0 Å². The topological polar surface area (TPSA) is 61.6 Å². The lowest BCUT2D eigenvalue weighted by molar-refractivity contribution is -0.147. The van der Waals surface area contributed by atoms with Crippen LogP contribution in [-0.4, -0.2) is 31.8 Å². The average Bonchev–Trinajstić information content (AvgIpc) is 2.15. The van der Waals surface area contributed by atoms with Crippen LogP contribution in [0.15, 0.2) is 0 Å². The van der Waals surface area contributed by atoms with E-state index in [2.05, 4.69) is 0 Å². The van der Waals surface area contributed by atoms with E-state index in [-0.39, 0.29) is 5.97 Å². The molecule has 0 spiro atoms. The van der Waals surface area contributed by atoms with Crippen LogP contribution in [0.5, 0.6) is 0 Å². The summed E-state index contributed by atoms with van der Waals surface area (Å²) >= 11 is 0. The van der Waals surface area contributed by atoms with Crippen LogP contribution >= 0.6 is 0 Å². The van der Waals surface area contributed by atoms with E-state index in [9.17, 15) is 4.79 Å². The second kappa shape index (κ2) is 5.19. The van der Waals surface area contributed by atoms with Crippen LogP contribution in [0.1, 0.15) is 19.8 Å². The van der Waals surface area contributed by atoms with Crippen molar-refractivity contribution in [3.05, 3.63) is 0 Å². The zero-order chi connectivity index (χ0) is 9.68. The van der Waals surface area contributed by atoms with Crippen molar-refractivity contribution in [3.63, 3.8) is 0 Å². The molecule has 0 amide bonds. The van der Waals surface area contributed by atoms with Gasteiger partial charge in [-0.3, -0.25) is 4.79 Å². The third-order valence-electron chi connectivity index (χ3n) is 2.17. The molecule has 0 aromatic rings. The molecule has 1 aliphatic rings. The van der Waals surface area contributed by atoms with Crippen molar-refractivity contribution in [1.29, 1.82) is 0 Å². The van der Waals surface area contributed by atoms with E-state index < -0.39 is 6.04 Å². The third kappa shape index (κ3) is 3.74. The van der Waals surface area contributed by atoms with Crippen LogP contribution in [0.2, 0.25) is 0 Å². The molecule has 1 rings (SSSR count). The van der Waals surface area contributed by atoms with Gasteiger partial charge in [0.2, 0.25) is 0 Å². The van der Waals surface area contributed by atoms with E-state index in [0.717, 1.165) is 26.1 Å². The Hall–Kier alpha value is -0.610. The molecule has 0 radical (unpaired) electrons. The Kier molecular flexibility index (Phi) is 4.18. The molecule has 4 nitrogen and oxygen atoms in total. The molecular weight excluding hydrogens is 170 g/mol. The minimum atomic E-state index is -0.514. The number of esters is 1. The molecule has 0 aromatic carbocycles. The Morgan fingerprint density at radius 2 is 2.23 bits per heavy atom. The van der Waals surface area contributed by atoms with Crippen LogP contribution in [0.3, 0.4) is 0 Å². The molecule has 1 unspecified atom stereocenters. The predicted molar refractivity (Wildman–Crippen MR) is 48.2 cm³/mol. The molecule has 2 N–H and O–H groups in total. The summed E-state index contributed by atoms with van der Waals surface area (Å²) < 4.78 is 10.2. The summed E-state index contributed by atoms with van der Waals surface area (Å²) in [5.74, 6) is 0.142. The Morgan fingerprint density at radius 1 is 1.62 bits per heavy atom. The standard InChI is InChI=1S/C9H17NO3/c1-7(10)9(11)13-6-8-2-4-12-5-3-8/h7-8H,2-6,10H2,1H3. The third-order valence-corrected chi connectivity index (χ3v) is 2.17. The van der Waals surface area contributed by atoms with Gasteiger partial charge in [0.1, 0.15) is 6.04 Å². The molecule has 13 heavy (non-hydrogen) atoms. The summed E-state index contributed by atoms with van der Waals surface area (Å²) in [5.41, 5.74) is 5.35. The van der Waals surface area contributed by atoms with Gasteiger partial charge < -0.3 is 15.2 Å². The summed E-state index contributed by atoms with van der Waals surface area (Å²) in [4.78, 5) is 11.0. The molecule has 1 aliphatic heterocycles. The number of carbonyl (C=O) groups is 1. The van der Waals surface area contributed by atoms with Crippen molar-refractivity contribution in [3.8, 4) is 0 Å². The van der Waals surface area contributed by atoms with Crippen molar-refractivity contribution >= 4 is 5.97 Å². The molecule has 0 bridgehead atoms. The van der Waals surface area contributed by atoms with E-state index in [0.29, 0.717) is 12.5 Å². The summed E-state index contributed by atoms with van der Waals surface area (Å²) in [7, 11) is 0. The molecule has 0 aliphatic carbocycles. The maximum Gasteiger partial charge on any atom is 0.322 e. The number of hydrogen-bond acceptors (Lipinski definition) is 4. The van der Waals surface area contributed by atoms with Gasteiger partial charge in [0.05, 0.1) is 6.61 Å². The predicted octanol–water partition coefficient (Wildman–Crippen LogP) is 0.303. The first-order chi connectivity index (χ1) is 6.20. The maximum absolute atomic E-state index is 11.0. The van der Waals surface area contributed by atoms with E-state index in [1.165, 1.54) is 0 Å². The van der Waals surface area contributed by atoms with Gasteiger partial charge in [0.25, 0.3) is 0 Å². The molecule has 1 heterocycles. The van der Waals surface area contributed by atoms with Crippen molar-refractivity contribution in [2.75, 3.05) is 19.8 Å². The van der Waals surface area contributed by atoms with Crippen molar-refractivity contribution in [1.82, 2.24) is 0 Å². The first-order valence-electron chi connectivity index (χ1n) is 4.70. The molecule has 0 saturated carbocycles. The largest absolute Gasteiger partial charge is 0.464 e. The van der Waals surface area contributed by atoms with Gasteiger partial charge in [0.15, 0.2) is 0 Å². The number of nitrogens with two attached hydrogens (primary N) is 1. The van der Waals surface area contributed by atoms with Crippen molar-refractivity contribution < 1.29 is 14.3 Å². The van der Waals surface area contributed by atoms with Gasteiger partial charge in [-0.2, -0.15) is 0 Å². The van der Waals surface area contributed by atoms with Gasteiger partial charge in [-0.15, -0.1) is 0 Å². The highest BCUT2D eigenvalue weighted by Crippen LogP contribution is 2.14.